The van der Waals surface area contributed by atoms with Crippen LogP contribution in [0.3, 0.4) is 0 Å². The highest BCUT2D eigenvalue weighted by molar-refractivity contribution is 7.18. The lowest BCUT2D eigenvalue weighted by Crippen LogP contribution is -2.40. The van der Waals surface area contributed by atoms with E-state index in [4.69, 9.17) is 11.6 Å². The summed E-state index contributed by atoms with van der Waals surface area (Å²) in [6, 6.07) is 1.71. The Morgan fingerprint density at radius 1 is 1.18 bits per heavy atom. The number of thiophene rings is 1. The van der Waals surface area contributed by atoms with Crippen LogP contribution in [0.4, 0.5) is 0 Å². The summed E-state index contributed by atoms with van der Waals surface area (Å²) in [5, 5.41) is 0. The third-order valence-electron chi connectivity index (χ3n) is 3.50. The van der Waals surface area contributed by atoms with E-state index in [1.165, 1.54) is 22.7 Å². The molecule has 5 heteroatoms. The first-order valence-electron chi connectivity index (χ1n) is 5.85. The summed E-state index contributed by atoms with van der Waals surface area (Å²) in [6.45, 7) is 0. The van der Waals surface area contributed by atoms with Gasteiger partial charge in [-0.05, 0) is 18.9 Å². The second-order valence-electron chi connectivity index (χ2n) is 4.57. The minimum Gasteiger partial charge on any atom is -0.270 e. The molecule has 0 bridgehead atoms. The van der Waals surface area contributed by atoms with Gasteiger partial charge in [-0.3, -0.25) is 14.5 Å². The topological polar surface area (TPSA) is 37.4 Å². The van der Waals surface area contributed by atoms with Crippen LogP contribution in [-0.4, -0.2) is 22.8 Å². The summed E-state index contributed by atoms with van der Waals surface area (Å²) in [5.74, 6) is -0.297. The molecule has 3 nitrogen and oxygen atoms in total. The molecule has 1 aromatic rings. The number of carbonyl (C=O) groups is 2. The summed E-state index contributed by atoms with van der Waals surface area (Å²) >= 11 is 7.05. The molecule has 0 saturated heterocycles. The molecular formula is C12H12ClNO2S. The van der Waals surface area contributed by atoms with Gasteiger partial charge < -0.3 is 0 Å². The highest BCUT2D eigenvalue weighted by atomic mass is 35.5. The Balaban J connectivity index is 1.92. The number of halogens is 1. The van der Waals surface area contributed by atoms with E-state index in [0.717, 1.165) is 25.7 Å². The number of hydrogen-bond donors (Lipinski definition) is 0. The molecule has 0 unspecified atom stereocenters. The monoisotopic (exact) mass is 269 g/mol. The number of amides is 2. The maximum Gasteiger partial charge on any atom is 0.271 e. The molecule has 2 heterocycles. The highest BCUT2D eigenvalue weighted by Gasteiger charge is 2.41. The molecule has 0 atom stereocenters. The van der Waals surface area contributed by atoms with E-state index < -0.39 is 0 Å². The molecule has 0 aromatic carbocycles. The molecule has 90 valence electrons. The second-order valence-corrected chi connectivity index (χ2v) is 6.25. The lowest BCUT2D eigenvalue weighted by Gasteiger charge is -2.29. The van der Waals surface area contributed by atoms with Gasteiger partial charge in [0.05, 0.1) is 9.90 Å². The van der Waals surface area contributed by atoms with Gasteiger partial charge in [-0.2, -0.15) is 0 Å². The van der Waals surface area contributed by atoms with Crippen LogP contribution in [0.5, 0.6) is 0 Å². The Morgan fingerprint density at radius 2 is 1.88 bits per heavy atom. The summed E-state index contributed by atoms with van der Waals surface area (Å²) in [6.07, 6.45) is 5.31. The van der Waals surface area contributed by atoms with Gasteiger partial charge in [0.1, 0.15) is 4.88 Å². The minimum absolute atomic E-state index is 0.0992. The zero-order valence-corrected chi connectivity index (χ0v) is 10.8. The molecule has 17 heavy (non-hydrogen) atoms. The molecule has 2 amide bonds. The van der Waals surface area contributed by atoms with Crippen molar-refractivity contribution in [2.45, 2.75) is 38.1 Å². The average Bonchev–Trinajstić information content (AvgIpc) is 2.81. The molecule has 1 aromatic heterocycles. The summed E-state index contributed by atoms with van der Waals surface area (Å²) in [7, 11) is 0. The molecule has 3 rings (SSSR count). The summed E-state index contributed by atoms with van der Waals surface area (Å²) in [5.41, 5.74) is 0.496. The minimum atomic E-state index is -0.153. The Bertz CT molecular complexity index is 457. The van der Waals surface area contributed by atoms with Gasteiger partial charge in [0.15, 0.2) is 0 Å². The number of carbonyl (C=O) groups excluding carboxylic acids is 2. The first-order valence-corrected chi connectivity index (χ1v) is 7.05. The van der Waals surface area contributed by atoms with E-state index >= 15 is 0 Å². The van der Waals surface area contributed by atoms with Crippen molar-refractivity contribution in [2.24, 2.45) is 0 Å². The van der Waals surface area contributed by atoms with Crippen molar-refractivity contribution >= 4 is 34.8 Å². The predicted octanol–water partition coefficient (Wildman–Crippen LogP) is 3.33. The quantitative estimate of drug-likeness (QED) is 0.734. The van der Waals surface area contributed by atoms with E-state index in [2.05, 4.69) is 0 Å². The molecular weight excluding hydrogens is 258 g/mol. The van der Waals surface area contributed by atoms with E-state index in [9.17, 15) is 9.59 Å². The molecule has 1 aliphatic carbocycles. The van der Waals surface area contributed by atoms with E-state index in [-0.39, 0.29) is 17.9 Å². The molecule has 0 N–H and O–H groups in total. The zero-order valence-electron chi connectivity index (χ0n) is 9.24. The lowest BCUT2D eigenvalue weighted by molar-refractivity contribution is 0.0550. The van der Waals surface area contributed by atoms with Crippen molar-refractivity contribution < 1.29 is 9.59 Å². The number of imide groups is 1. The molecule has 0 radical (unpaired) electrons. The Hall–Kier alpha value is -0.870. The van der Waals surface area contributed by atoms with Crippen molar-refractivity contribution in [2.75, 3.05) is 0 Å². The van der Waals surface area contributed by atoms with Crippen LogP contribution in [0, 0.1) is 0 Å². The third kappa shape index (κ3) is 1.70. The first kappa shape index (κ1) is 11.2. The van der Waals surface area contributed by atoms with Crippen LogP contribution >= 0.6 is 22.9 Å². The summed E-state index contributed by atoms with van der Waals surface area (Å²) < 4.78 is 0.514. The Morgan fingerprint density at radius 3 is 2.53 bits per heavy atom. The average molecular weight is 270 g/mol. The zero-order chi connectivity index (χ0) is 12.0. The third-order valence-corrected chi connectivity index (χ3v) is 4.76. The molecule has 2 aliphatic rings. The molecule has 1 aliphatic heterocycles. The van der Waals surface area contributed by atoms with Gasteiger partial charge in [0.25, 0.3) is 11.8 Å². The molecule has 0 spiro atoms. The Kier molecular flexibility index (Phi) is 2.71. The smallest absolute Gasteiger partial charge is 0.270 e. The first-order chi connectivity index (χ1) is 8.18. The van der Waals surface area contributed by atoms with Gasteiger partial charge in [0.2, 0.25) is 0 Å². The lowest BCUT2D eigenvalue weighted by atomic mass is 9.94. The van der Waals surface area contributed by atoms with Crippen molar-refractivity contribution in [1.29, 1.82) is 0 Å². The fraction of sp³-hybridized carbons (Fsp3) is 0.500. The van der Waals surface area contributed by atoms with Crippen LogP contribution < -0.4 is 0 Å². The van der Waals surface area contributed by atoms with E-state index in [1.54, 1.807) is 6.07 Å². The largest absolute Gasteiger partial charge is 0.271 e. The highest BCUT2D eigenvalue weighted by Crippen LogP contribution is 2.36. The maximum atomic E-state index is 12.2. The standard InChI is InChI=1S/C12H12ClNO2S/c13-9-6-8-10(17-9)12(16)14(11(8)15)7-4-2-1-3-5-7/h6-7H,1-5H2. The fourth-order valence-electron chi connectivity index (χ4n) is 2.68. The van der Waals surface area contributed by atoms with Crippen LogP contribution in [0.1, 0.15) is 52.1 Å². The van der Waals surface area contributed by atoms with Crippen molar-refractivity contribution in [1.82, 2.24) is 4.90 Å². The van der Waals surface area contributed by atoms with E-state index in [0.29, 0.717) is 14.8 Å². The van der Waals surface area contributed by atoms with Gasteiger partial charge in [0, 0.05) is 6.04 Å². The number of fused-ring (bicyclic) bond motifs is 1. The van der Waals surface area contributed by atoms with Crippen molar-refractivity contribution in [3.8, 4) is 0 Å². The molecule has 1 fully saturated rings. The summed E-state index contributed by atoms with van der Waals surface area (Å²) in [4.78, 5) is 26.3. The van der Waals surface area contributed by atoms with Gasteiger partial charge in [-0.25, -0.2) is 0 Å². The van der Waals surface area contributed by atoms with Crippen LogP contribution in [0.2, 0.25) is 4.34 Å². The van der Waals surface area contributed by atoms with Crippen LogP contribution in [0.15, 0.2) is 6.07 Å². The van der Waals surface area contributed by atoms with E-state index in [1.807, 2.05) is 0 Å². The fourth-order valence-corrected chi connectivity index (χ4v) is 3.84. The normalized spacial score (nSPS) is 21.1. The molecule has 1 saturated carbocycles. The van der Waals surface area contributed by atoms with Crippen molar-refractivity contribution in [3.63, 3.8) is 0 Å². The second kappa shape index (κ2) is 4.10. The maximum absolute atomic E-state index is 12.2. The number of rotatable bonds is 1. The van der Waals surface area contributed by atoms with Crippen LogP contribution in [-0.2, 0) is 0 Å². The van der Waals surface area contributed by atoms with Crippen LogP contribution in [0.25, 0.3) is 0 Å². The van der Waals surface area contributed by atoms with Gasteiger partial charge in [-0.1, -0.05) is 30.9 Å². The van der Waals surface area contributed by atoms with Gasteiger partial charge >= 0.3 is 0 Å². The number of nitrogens with zero attached hydrogens (tertiary/aromatic N) is 1. The van der Waals surface area contributed by atoms with Gasteiger partial charge in [-0.15, -0.1) is 11.3 Å². The predicted molar refractivity (Wildman–Crippen MR) is 66.7 cm³/mol. The van der Waals surface area contributed by atoms with Crippen molar-refractivity contribution in [3.05, 3.63) is 20.8 Å². The Labute approximate surface area is 108 Å². The SMILES string of the molecule is O=C1c2cc(Cl)sc2C(=O)N1C1CCCCC1. The number of hydrogen-bond acceptors (Lipinski definition) is 3.